The summed E-state index contributed by atoms with van der Waals surface area (Å²) < 4.78 is 95.1. The first kappa shape index (κ1) is 24.0. The molecule has 1 aliphatic rings. The van der Waals surface area contributed by atoms with Crippen molar-refractivity contribution >= 4 is 31.4 Å². The first-order valence-corrected chi connectivity index (χ1v) is 13.2. The van der Waals surface area contributed by atoms with Crippen LogP contribution in [0, 0.1) is 0 Å². The largest absolute Gasteiger partial charge is 0.573 e. The molecule has 0 saturated carbocycles. The van der Waals surface area contributed by atoms with Crippen molar-refractivity contribution in [2.24, 2.45) is 0 Å². The number of alkyl halides is 3. The van der Waals surface area contributed by atoms with Gasteiger partial charge in [0.05, 0.1) is 4.90 Å². The smallest absolute Gasteiger partial charge is 0.406 e. The molecule has 1 aromatic heterocycles. The van der Waals surface area contributed by atoms with Crippen LogP contribution >= 0.6 is 11.3 Å². The van der Waals surface area contributed by atoms with Crippen LogP contribution in [0.15, 0.2) is 50.9 Å². The average Bonchev–Trinajstić information content (AvgIpc) is 3.23. The summed E-state index contributed by atoms with van der Waals surface area (Å²) in [5.41, 5.74) is 0. The molecule has 172 valence electrons. The molecule has 2 aromatic rings. The summed E-state index contributed by atoms with van der Waals surface area (Å²) in [7, 11) is -7.61. The van der Waals surface area contributed by atoms with Crippen molar-refractivity contribution in [3.05, 3.63) is 41.8 Å². The summed E-state index contributed by atoms with van der Waals surface area (Å²) in [6, 6.07) is 6.72. The molecular formula is C18H21F3N2O5S3. The zero-order valence-corrected chi connectivity index (χ0v) is 18.7. The van der Waals surface area contributed by atoms with E-state index in [1.165, 1.54) is 4.31 Å². The van der Waals surface area contributed by atoms with Gasteiger partial charge in [0.1, 0.15) is 9.96 Å². The lowest BCUT2D eigenvalue weighted by atomic mass is 10.0. The Balaban J connectivity index is 1.62. The standard InChI is InChI=1S/C18H21F3N2O5S3/c19-18(20,21)28-15-6-8-16(9-7-15)30(24,25)22-11-10-14-4-1-2-12-23(14)31(26,27)17-5-3-13-29-17/h3,5-9,13-14,22H,1-2,4,10-12H2. The molecule has 7 nitrogen and oxygen atoms in total. The molecular weight excluding hydrogens is 477 g/mol. The molecule has 0 bridgehead atoms. The van der Waals surface area contributed by atoms with E-state index in [0.29, 0.717) is 13.0 Å². The van der Waals surface area contributed by atoms with Gasteiger partial charge in [0.15, 0.2) is 0 Å². The normalized spacial score (nSPS) is 18.7. The molecule has 1 fully saturated rings. The lowest BCUT2D eigenvalue weighted by molar-refractivity contribution is -0.274. The number of hydrogen-bond acceptors (Lipinski definition) is 6. The molecule has 0 radical (unpaired) electrons. The second-order valence-electron chi connectivity index (χ2n) is 6.90. The summed E-state index contributed by atoms with van der Waals surface area (Å²) in [5.74, 6) is -0.525. The van der Waals surface area contributed by atoms with Crippen LogP contribution in [0.25, 0.3) is 0 Å². The molecule has 1 saturated heterocycles. The molecule has 1 aliphatic heterocycles. The van der Waals surface area contributed by atoms with Gasteiger partial charge < -0.3 is 4.74 Å². The lowest BCUT2D eigenvalue weighted by Gasteiger charge is -2.34. The van der Waals surface area contributed by atoms with E-state index in [4.69, 9.17) is 0 Å². The number of nitrogens with zero attached hydrogens (tertiary/aromatic N) is 1. The number of ether oxygens (including phenoxy) is 1. The SMILES string of the molecule is O=S(=O)(NCCC1CCCCN1S(=O)(=O)c1cccs1)c1ccc(OC(F)(F)F)cc1. The number of hydrogen-bond donors (Lipinski definition) is 1. The predicted molar refractivity (Wildman–Crippen MR) is 109 cm³/mol. The Morgan fingerprint density at radius 2 is 1.81 bits per heavy atom. The van der Waals surface area contributed by atoms with Gasteiger partial charge in [-0.05, 0) is 55.0 Å². The Kier molecular flexibility index (Phi) is 7.31. The molecule has 1 N–H and O–H groups in total. The predicted octanol–water partition coefficient (Wildman–Crippen LogP) is 3.56. The second kappa shape index (κ2) is 9.45. The minimum Gasteiger partial charge on any atom is -0.406 e. The molecule has 3 rings (SSSR count). The molecule has 0 aliphatic carbocycles. The highest BCUT2D eigenvalue weighted by Crippen LogP contribution is 2.29. The minimum atomic E-state index is -4.87. The molecule has 2 heterocycles. The van der Waals surface area contributed by atoms with E-state index in [2.05, 4.69) is 9.46 Å². The molecule has 1 aromatic carbocycles. The Morgan fingerprint density at radius 3 is 2.42 bits per heavy atom. The monoisotopic (exact) mass is 498 g/mol. The van der Waals surface area contributed by atoms with Crippen molar-refractivity contribution in [2.75, 3.05) is 13.1 Å². The fourth-order valence-electron chi connectivity index (χ4n) is 3.37. The minimum absolute atomic E-state index is 0.00966. The van der Waals surface area contributed by atoms with E-state index in [1.54, 1.807) is 17.5 Å². The maximum Gasteiger partial charge on any atom is 0.573 e. The van der Waals surface area contributed by atoms with Gasteiger partial charge in [-0.25, -0.2) is 21.6 Å². The van der Waals surface area contributed by atoms with Crippen molar-refractivity contribution in [1.29, 1.82) is 0 Å². The average molecular weight is 499 g/mol. The van der Waals surface area contributed by atoms with Gasteiger partial charge >= 0.3 is 6.36 Å². The molecule has 0 spiro atoms. The Labute approximate surface area is 182 Å². The van der Waals surface area contributed by atoms with Crippen molar-refractivity contribution in [3.63, 3.8) is 0 Å². The summed E-state index contributed by atoms with van der Waals surface area (Å²) >= 11 is 1.13. The number of rotatable bonds is 8. The van der Waals surface area contributed by atoms with Crippen LogP contribution in [-0.2, 0) is 20.0 Å². The summed E-state index contributed by atoms with van der Waals surface area (Å²) in [4.78, 5) is -0.214. The van der Waals surface area contributed by atoms with Gasteiger partial charge in [0.2, 0.25) is 10.0 Å². The second-order valence-corrected chi connectivity index (χ2v) is 11.7. The van der Waals surface area contributed by atoms with Gasteiger partial charge in [-0.2, -0.15) is 4.31 Å². The zero-order valence-electron chi connectivity index (χ0n) is 16.2. The zero-order chi connectivity index (χ0) is 22.7. The quantitative estimate of drug-likeness (QED) is 0.601. The molecule has 13 heteroatoms. The molecule has 31 heavy (non-hydrogen) atoms. The van der Waals surface area contributed by atoms with E-state index >= 15 is 0 Å². The van der Waals surface area contributed by atoms with Crippen molar-refractivity contribution < 1.29 is 34.7 Å². The highest BCUT2D eigenvalue weighted by Gasteiger charge is 2.34. The maximum absolute atomic E-state index is 12.9. The number of thiophene rings is 1. The molecule has 1 unspecified atom stereocenters. The Bertz CT molecular complexity index is 1070. The third-order valence-electron chi connectivity index (χ3n) is 4.77. The lowest BCUT2D eigenvalue weighted by Crippen LogP contribution is -2.44. The van der Waals surface area contributed by atoms with Crippen LogP contribution in [-0.4, -0.2) is 46.6 Å². The number of nitrogens with one attached hydrogen (secondary N) is 1. The van der Waals surface area contributed by atoms with Gasteiger partial charge in [-0.1, -0.05) is 12.5 Å². The Morgan fingerprint density at radius 1 is 1.10 bits per heavy atom. The van der Waals surface area contributed by atoms with E-state index in [1.807, 2.05) is 0 Å². The first-order valence-electron chi connectivity index (χ1n) is 9.40. The fourth-order valence-corrected chi connectivity index (χ4v) is 7.26. The van der Waals surface area contributed by atoms with Gasteiger partial charge in [-0.15, -0.1) is 24.5 Å². The van der Waals surface area contributed by atoms with Crippen LogP contribution in [0.2, 0.25) is 0 Å². The summed E-state index contributed by atoms with van der Waals surface area (Å²) in [6.07, 6.45) is -2.39. The number of benzene rings is 1. The van der Waals surface area contributed by atoms with Gasteiger partial charge in [-0.3, -0.25) is 0 Å². The van der Waals surface area contributed by atoms with Gasteiger partial charge in [0, 0.05) is 19.1 Å². The van der Waals surface area contributed by atoms with E-state index in [9.17, 15) is 30.0 Å². The van der Waals surface area contributed by atoms with Crippen LogP contribution in [0.1, 0.15) is 25.7 Å². The maximum atomic E-state index is 12.9. The van der Waals surface area contributed by atoms with Gasteiger partial charge in [0.25, 0.3) is 10.0 Å². The van der Waals surface area contributed by atoms with E-state index in [0.717, 1.165) is 48.4 Å². The van der Waals surface area contributed by atoms with Crippen molar-refractivity contribution in [2.45, 2.75) is 47.2 Å². The number of halogens is 3. The first-order chi connectivity index (χ1) is 14.5. The molecule has 1 atom stereocenters. The molecule has 0 amide bonds. The number of piperidine rings is 1. The topological polar surface area (TPSA) is 92.8 Å². The van der Waals surface area contributed by atoms with Crippen LogP contribution < -0.4 is 9.46 Å². The van der Waals surface area contributed by atoms with Crippen molar-refractivity contribution in [3.8, 4) is 5.75 Å². The highest BCUT2D eigenvalue weighted by atomic mass is 32.2. The van der Waals surface area contributed by atoms with E-state index < -0.39 is 32.2 Å². The number of sulfonamides is 2. The summed E-state index contributed by atoms with van der Waals surface area (Å²) in [6.45, 7) is 0.364. The van der Waals surface area contributed by atoms with Crippen LogP contribution in [0.5, 0.6) is 5.75 Å². The third-order valence-corrected chi connectivity index (χ3v) is 9.57. The van der Waals surface area contributed by atoms with E-state index in [-0.39, 0.29) is 28.1 Å². The highest BCUT2D eigenvalue weighted by molar-refractivity contribution is 7.91. The Hall–Kier alpha value is -1.67. The summed E-state index contributed by atoms with van der Waals surface area (Å²) in [5, 5.41) is 1.69. The van der Waals surface area contributed by atoms with Crippen LogP contribution in [0.3, 0.4) is 0 Å². The third kappa shape index (κ3) is 6.19. The van der Waals surface area contributed by atoms with Crippen LogP contribution in [0.4, 0.5) is 13.2 Å². The van der Waals surface area contributed by atoms with Crippen molar-refractivity contribution in [1.82, 2.24) is 9.03 Å². The fraction of sp³-hybridized carbons (Fsp3) is 0.444.